The molecular weight excluding hydrogens is 1130 g/mol. The van der Waals surface area contributed by atoms with Crippen LogP contribution in [0.5, 0.6) is 0 Å². The summed E-state index contributed by atoms with van der Waals surface area (Å²) >= 11 is 0. The lowest BCUT2D eigenvalue weighted by atomic mass is 9.33. The van der Waals surface area contributed by atoms with Crippen molar-refractivity contribution in [2.75, 3.05) is 9.80 Å². The van der Waals surface area contributed by atoms with Crippen molar-refractivity contribution in [2.24, 2.45) is 0 Å². The average molecular weight is 1190 g/mol. The second-order valence-corrected chi connectivity index (χ2v) is 28.1. The van der Waals surface area contributed by atoms with Crippen LogP contribution in [0.2, 0.25) is 0 Å². The van der Waals surface area contributed by atoms with Gasteiger partial charge < -0.3 is 9.80 Å². The van der Waals surface area contributed by atoms with E-state index >= 15 is 0 Å². The lowest BCUT2D eigenvalue weighted by Crippen LogP contribution is -2.61. The van der Waals surface area contributed by atoms with Crippen molar-refractivity contribution in [3.8, 4) is 66.8 Å². The third-order valence-electron chi connectivity index (χ3n) is 22.7. The zero-order valence-corrected chi connectivity index (χ0v) is 52.5. The SMILES string of the molecule is CC(C)(C)c1cc2c3c(c1)N(c1cccc4c1C1(c5ccccc5-c5ccccc51)c1ccccc1-4)c1cc(C4c5ccccc5-c5ccccc54)ccc1B3c1cc3c(cc1N2c1ccc(-c2ccccc2)cc1)C1(c2ccccc2-c2ccccc21)c1ccccc1-3. The Hall–Kier alpha value is -11.3. The van der Waals surface area contributed by atoms with Gasteiger partial charge in [0.1, 0.15) is 0 Å². The summed E-state index contributed by atoms with van der Waals surface area (Å²) in [7, 11) is 0. The molecule has 0 unspecified atom stereocenters. The lowest BCUT2D eigenvalue weighted by molar-refractivity contribution is 0.590. The van der Waals surface area contributed by atoms with Gasteiger partial charge in [0, 0.05) is 39.9 Å². The summed E-state index contributed by atoms with van der Waals surface area (Å²) in [5.41, 5.74) is 41.1. The number of anilines is 6. The molecule has 3 heteroatoms. The smallest absolute Gasteiger partial charge is 0.252 e. The highest BCUT2D eigenvalue weighted by Crippen LogP contribution is 2.67. The molecule has 7 aliphatic rings. The molecular formula is C91H61BN2. The summed E-state index contributed by atoms with van der Waals surface area (Å²) in [4.78, 5) is 5.45. The van der Waals surface area contributed by atoms with Gasteiger partial charge in [0.25, 0.3) is 6.71 Å². The maximum Gasteiger partial charge on any atom is 0.252 e. The van der Waals surface area contributed by atoms with E-state index < -0.39 is 10.8 Å². The van der Waals surface area contributed by atoms with Crippen molar-refractivity contribution in [2.45, 2.75) is 42.9 Å². The molecule has 0 radical (unpaired) electrons. The molecule has 2 heterocycles. The average Bonchev–Trinajstić information content (AvgIpc) is 1.44. The normalized spacial score (nSPS) is 15.0. The first kappa shape index (κ1) is 52.4. The molecule has 0 aromatic heterocycles. The Bertz CT molecular complexity index is 5490. The van der Waals surface area contributed by atoms with Gasteiger partial charge in [-0.1, -0.05) is 288 Å². The van der Waals surface area contributed by atoms with Crippen LogP contribution in [0.3, 0.4) is 0 Å². The quantitative estimate of drug-likeness (QED) is 0.162. The van der Waals surface area contributed by atoms with Gasteiger partial charge in [-0.3, -0.25) is 0 Å². The van der Waals surface area contributed by atoms with Gasteiger partial charge in [-0.15, -0.1) is 0 Å². The Morgan fingerprint density at radius 3 is 1.28 bits per heavy atom. The van der Waals surface area contributed by atoms with Crippen molar-refractivity contribution >= 4 is 57.2 Å². The van der Waals surface area contributed by atoms with Crippen LogP contribution < -0.4 is 26.2 Å². The minimum absolute atomic E-state index is 0.0317. The van der Waals surface area contributed by atoms with Gasteiger partial charge in [0.05, 0.1) is 16.5 Å². The molecule has 2 nitrogen and oxygen atoms in total. The highest BCUT2D eigenvalue weighted by molar-refractivity contribution is 7.00. The van der Waals surface area contributed by atoms with Crippen LogP contribution in [-0.4, -0.2) is 6.71 Å². The molecule has 2 spiro atoms. The van der Waals surface area contributed by atoms with Crippen LogP contribution in [0.1, 0.15) is 93.5 Å². The number of benzene rings is 14. The Morgan fingerprint density at radius 2 is 0.734 bits per heavy atom. The van der Waals surface area contributed by atoms with Crippen LogP contribution >= 0.6 is 0 Å². The fourth-order valence-electron chi connectivity index (χ4n) is 19.0. The van der Waals surface area contributed by atoms with E-state index in [2.05, 4.69) is 340 Å². The highest BCUT2D eigenvalue weighted by atomic mass is 15.2. The van der Waals surface area contributed by atoms with Crippen molar-refractivity contribution < 1.29 is 0 Å². The summed E-state index contributed by atoms with van der Waals surface area (Å²) in [6.07, 6.45) is 0. The van der Waals surface area contributed by atoms with Gasteiger partial charge in [-0.25, -0.2) is 0 Å². The van der Waals surface area contributed by atoms with E-state index in [1.54, 1.807) is 0 Å². The first-order chi connectivity index (χ1) is 46.3. The third kappa shape index (κ3) is 6.56. The van der Waals surface area contributed by atoms with Crippen molar-refractivity contribution in [1.29, 1.82) is 0 Å². The van der Waals surface area contributed by atoms with Crippen molar-refractivity contribution in [1.82, 2.24) is 0 Å². The van der Waals surface area contributed by atoms with Gasteiger partial charge in [-0.2, -0.15) is 0 Å². The Balaban J connectivity index is 0.904. The maximum atomic E-state index is 2.78. The second-order valence-electron chi connectivity index (χ2n) is 28.1. The molecule has 5 aliphatic carbocycles. The zero-order valence-electron chi connectivity index (χ0n) is 52.5. The van der Waals surface area contributed by atoms with E-state index in [4.69, 9.17) is 0 Å². The Kier molecular flexibility index (Phi) is 10.4. The predicted octanol–water partition coefficient (Wildman–Crippen LogP) is 20.6. The standard InChI is InChI=1S/C91H61BN2/c1-89(2,3)58-51-84-88-85(52-58)94(81-43-23-36-70-66-32-15-22-42-77(66)91(87(70)81)75-40-20-13-30-64(75)65-31-14-21-41-76(65)91)82-50-57(86-68-34-9-7-26-60(68)61-27-8-10-35-69(61)86)46-49-79(82)92(88)80-53-71-67-33-16-19-39-74(67)90(72-37-17-11-28-62(72)63-29-12-18-38-73(63)90)78(71)54-83(80)93(84)59-47-44-56(45-48-59)55-24-5-4-6-25-55/h4-54,86H,1-3H3. The van der Waals surface area contributed by atoms with Crippen LogP contribution in [0.25, 0.3) is 66.8 Å². The molecule has 0 atom stereocenters. The van der Waals surface area contributed by atoms with E-state index in [-0.39, 0.29) is 18.0 Å². The van der Waals surface area contributed by atoms with Crippen LogP contribution in [-0.2, 0) is 16.2 Å². The molecule has 0 N–H and O–H groups in total. The van der Waals surface area contributed by atoms with Gasteiger partial charge >= 0.3 is 0 Å². The van der Waals surface area contributed by atoms with Crippen molar-refractivity contribution in [3.63, 3.8) is 0 Å². The summed E-state index contributed by atoms with van der Waals surface area (Å²) in [6.45, 7) is 7.06. The van der Waals surface area contributed by atoms with E-state index in [1.165, 1.54) is 178 Å². The number of nitrogens with zero attached hydrogens (tertiary/aromatic N) is 2. The van der Waals surface area contributed by atoms with E-state index in [0.717, 1.165) is 5.69 Å². The topological polar surface area (TPSA) is 6.48 Å². The van der Waals surface area contributed by atoms with Crippen LogP contribution in [0.4, 0.5) is 34.1 Å². The third-order valence-corrected chi connectivity index (χ3v) is 22.7. The Morgan fingerprint density at radius 1 is 0.298 bits per heavy atom. The predicted molar refractivity (Wildman–Crippen MR) is 390 cm³/mol. The molecule has 94 heavy (non-hydrogen) atoms. The van der Waals surface area contributed by atoms with Gasteiger partial charge in [0.2, 0.25) is 0 Å². The molecule has 21 rings (SSSR count). The fraction of sp³-hybridized carbons (Fsp3) is 0.0769. The summed E-state index contributed by atoms with van der Waals surface area (Å²) in [5, 5.41) is 0. The Labute approximate surface area is 549 Å². The monoisotopic (exact) mass is 1190 g/mol. The number of hydrogen-bond donors (Lipinski definition) is 0. The molecule has 2 aliphatic heterocycles. The molecule has 0 bridgehead atoms. The first-order valence-corrected chi connectivity index (χ1v) is 33.5. The molecule has 0 fully saturated rings. The lowest BCUT2D eigenvalue weighted by Gasteiger charge is -2.46. The van der Waals surface area contributed by atoms with Crippen LogP contribution in [0.15, 0.2) is 309 Å². The largest absolute Gasteiger partial charge is 0.311 e. The van der Waals surface area contributed by atoms with Gasteiger partial charge in [0.15, 0.2) is 0 Å². The fourth-order valence-corrected chi connectivity index (χ4v) is 19.0. The molecule has 0 amide bonds. The summed E-state index contributed by atoms with van der Waals surface area (Å²) < 4.78 is 0. The van der Waals surface area contributed by atoms with Crippen LogP contribution in [0, 0.1) is 0 Å². The molecule has 438 valence electrons. The highest BCUT2D eigenvalue weighted by Gasteiger charge is 2.57. The molecule has 14 aromatic carbocycles. The van der Waals surface area contributed by atoms with E-state index in [1.807, 2.05) is 0 Å². The maximum absolute atomic E-state index is 2.78. The van der Waals surface area contributed by atoms with Gasteiger partial charge in [-0.05, 0) is 192 Å². The van der Waals surface area contributed by atoms with E-state index in [0.29, 0.717) is 0 Å². The zero-order chi connectivity index (χ0) is 61.9. The second kappa shape index (κ2) is 18.7. The number of hydrogen-bond acceptors (Lipinski definition) is 2. The number of rotatable bonds is 4. The van der Waals surface area contributed by atoms with E-state index in [9.17, 15) is 0 Å². The number of fused-ring (bicyclic) bond motifs is 27. The molecule has 0 saturated carbocycles. The molecule has 14 aromatic rings. The molecule has 0 saturated heterocycles. The minimum Gasteiger partial charge on any atom is -0.311 e. The first-order valence-electron chi connectivity index (χ1n) is 33.5. The minimum atomic E-state index is -0.615. The summed E-state index contributed by atoms with van der Waals surface area (Å²) in [5.74, 6) is 0.0317. The summed E-state index contributed by atoms with van der Waals surface area (Å²) in [6, 6.07) is 120. The van der Waals surface area contributed by atoms with Crippen molar-refractivity contribution in [3.05, 3.63) is 376 Å².